The van der Waals surface area contributed by atoms with Crippen LogP contribution in [0.2, 0.25) is 0 Å². The van der Waals surface area contributed by atoms with Gasteiger partial charge >= 0.3 is 5.97 Å². The highest BCUT2D eigenvalue weighted by Gasteiger charge is 2.43. The van der Waals surface area contributed by atoms with Crippen LogP contribution < -0.4 is 5.32 Å². The van der Waals surface area contributed by atoms with E-state index in [1.54, 1.807) is 27.7 Å². The Kier molecular flexibility index (Phi) is 4.30. The monoisotopic (exact) mass is 271 g/mol. The first-order valence-corrected chi connectivity index (χ1v) is 6.01. The van der Waals surface area contributed by atoms with E-state index >= 15 is 0 Å². The second-order valence-corrected chi connectivity index (χ2v) is 5.61. The van der Waals surface area contributed by atoms with Gasteiger partial charge in [-0.25, -0.2) is 8.78 Å². The average Bonchev–Trinajstić information content (AvgIpc) is 2.27. The Balaban J connectivity index is 2.90. The fourth-order valence-corrected chi connectivity index (χ4v) is 1.50. The molecular formula is C14H19F2NO2. The summed E-state index contributed by atoms with van der Waals surface area (Å²) >= 11 is 0. The van der Waals surface area contributed by atoms with E-state index in [2.05, 4.69) is 5.32 Å². The molecule has 1 aromatic carbocycles. The molecule has 3 nitrogen and oxygen atoms in total. The summed E-state index contributed by atoms with van der Waals surface area (Å²) in [4.78, 5) is 11.2. The summed E-state index contributed by atoms with van der Waals surface area (Å²) in [6.45, 7) is 6.46. The van der Waals surface area contributed by atoms with Crippen LogP contribution in [0.5, 0.6) is 0 Å². The molecule has 0 spiro atoms. The molecule has 1 rings (SSSR count). The summed E-state index contributed by atoms with van der Waals surface area (Å²) in [5, 5.41) is 12.1. The van der Waals surface area contributed by atoms with Gasteiger partial charge in [-0.3, -0.25) is 4.79 Å². The maximum Gasteiger partial charge on any atom is 0.310 e. The van der Waals surface area contributed by atoms with Gasteiger partial charge in [-0.05, 0) is 39.8 Å². The molecule has 0 aliphatic rings. The third kappa shape index (κ3) is 3.10. The van der Waals surface area contributed by atoms with Crippen LogP contribution in [0.1, 0.15) is 33.3 Å². The molecule has 106 valence electrons. The van der Waals surface area contributed by atoms with Crippen molar-refractivity contribution in [3.05, 3.63) is 35.4 Å². The van der Waals surface area contributed by atoms with E-state index in [0.29, 0.717) is 0 Å². The second-order valence-electron chi connectivity index (χ2n) is 5.61. The number of rotatable bonds is 5. The fourth-order valence-electron chi connectivity index (χ4n) is 1.50. The summed E-state index contributed by atoms with van der Waals surface area (Å²) in [6, 6.07) is 3.64. The van der Waals surface area contributed by atoms with Crippen molar-refractivity contribution in [1.29, 1.82) is 0 Å². The Bertz CT molecular complexity index is 464. The van der Waals surface area contributed by atoms with Crippen molar-refractivity contribution >= 4 is 5.97 Å². The lowest BCUT2D eigenvalue weighted by atomic mass is 9.74. The van der Waals surface area contributed by atoms with Crippen molar-refractivity contribution in [2.24, 2.45) is 5.41 Å². The fraction of sp³-hybridized carbons (Fsp3) is 0.500. The zero-order chi connectivity index (χ0) is 14.8. The summed E-state index contributed by atoms with van der Waals surface area (Å²) in [5.41, 5.74) is -1.99. The Labute approximate surface area is 111 Å². The molecule has 0 bridgehead atoms. The summed E-state index contributed by atoms with van der Waals surface area (Å²) in [5.74, 6) is -2.26. The van der Waals surface area contributed by atoms with Gasteiger partial charge in [0, 0.05) is 17.6 Å². The van der Waals surface area contributed by atoms with Crippen LogP contribution in [-0.2, 0) is 11.3 Å². The maximum absolute atomic E-state index is 13.5. The minimum Gasteiger partial charge on any atom is -0.481 e. The van der Waals surface area contributed by atoms with E-state index in [0.717, 1.165) is 0 Å². The van der Waals surface area contributed by atoms with E-state index in [9.17, 15) is 18.7 Å². The van der Waals surface area contributed by atoms with Gasteiger partial charge in [-0.2, -0.15) is 0 Å². The molecule has 0 heterocycles. The van der Waals surface area contributed by atoms with Crippen LogP contribution in [-0.4, -0.2) is 16.6 Å². The van der Waals surface area contributed by atoms with Crippen molar-refractivity contribution in [2.75, 3.05) is 0 Å². The smallest absolute Gasteiger partial charge is 0.310 e. The molecule has 0 saturated heterocycles. The highest BCUT2D eigenvalue weighted by molar-refractivity contribution is 5.75. The van der Waals surface area contributed by atoms with Crippen LogP contribution in [0.15, 0.2) is 18.2 Å². The van der Waals surface area contributed by atoms with Gasteiger partial charge in [0.2, 0.25) is 0 Å². The maximum atomic E-state index is 13.5. The molecule has 0 aromatic heterocycles. The highest BCUT2D eigenvalue weighted by atomic mass is 19.1. The third-order valence-electron chi connectivity index (χ3n) is 3.87. The Morgan fingerprint density at radius 3 is 2.11 bits per heavy atom. The molecule has 0 amide bonds. The van der Waals surface area contributed by atoms with Gasteiger partial charge in [-0.1, -0.05) is 6.07 Å². The Morgan fingerprint density at radius 1 is 1.21 bits per heavy atom. The molecule has 0 radical (unpaired) electrons. The summed E-state index contributed by atoms with van der Waals surface area (Å²) in [7, 11) is 0. The van der Waals surface area contributed by atoms with E-state index in [4.69, 9.17) is 0 Å². The van der Waals surface area contributed by atoms with Crippen molar-refractivity contribution in [1.82, 2.24) is 5.32 Å². The zero-order valence-electron chi connectivity index (χ0n) is 11.6. The molecule has 0 aliphatic heterocycles. The van der Waals surface area contributed by atoms with Gasteiger partial charge in [0.05, 0.1) is 5.41 Å². The van der Waals surface area contributed by atoms with Crippen molar-refractivity contribution in [3.63, 3.8) is 0 Å². The topological polar surface area (TPSA) is 49.3 Å². The number of carbonyl (C=O) groups is 1. The lowest BCUT2D eigenvalue weighted by Crippen LogP contribution is -2.54. The van der Waals surface area contributed by atoms with Crippen LogP contribution in [0.3, 0.4) is 0 Å². The van der Waals surface area contributed by atoms with Crippen LogP contribution in [0.4, 0.5) is 8.78 Å². The van der Waals surface area contributed by atoms with E-state index in [1.807, 2.05) is 0 Å². The van der Waals surface area contributed by atoms with E-state index in [-0.39, 0.29) is 12.1 Å². The number of hydrogen-bond donors (Lipinski definition) is 2. The summed E-state index contributed by atoms with van der Waals surface area (Å²) < 4.78 is 27.0. The number of hydrogen-bond acceptors (Lipinski definition) is 2. The first kappa shape index (κ1) is 15.6. The predicted molar refractivity (Wildman–Crippen MR) is 68.7 cm³/mol. The molecule has 19 heavy (non-hydrogen) atoms. The number of carboxylic acid groups (broad SMARTS) is 1. The first-order valence-electron chi connectivity index (χ1n) is 6.01. The molecular weight excluding hydrogens is 252 g/mol. The molecule has 1 aromatic rings. The van der Waals surface area contributed by atoms with Gasteiger partial charge in [0.25, 0.3) is 0 Å². The van der Waals surface area contributed by atoms with Gasteiger partial charge in [0.1, 0.15) is 11.6 Å². The molecule has 0 atom stereocenters. The van der Waals surface area contributed by atoms with Crippen LogP contribution in [0, 0.1) is 17.0 Å². The molecule has 0 aliphatic carbocycles. The van der Waals surface area contributed by atoms with Crippen molar-refractivity contribution in [2.45, 2.75) is 39.8 Å². The van der Waals surface area contributed by atoms with Crippen LogP contribution in [0.25, 0.3) is 0 Å². The standard InChI is InChI=1S/C14H19F2NO2/c1-13(2,12(18)19)14(3,4)17-8-9-10(15)6-5-7-11(9)16/h5-7,17H,8H2,1-4H3,(H,18,19). The number of aliphatic carboxylic acids is 1. The Hall–Kier alpha value is -1.49. The largest absolute Gasteiger partial charge is 0.481 e. The molecule has 0 fully saturated rings. The third-order valence-corrected chi connectivity index (χ3v) is 3.87. The number of carboxylic acids is 1. The summed E-state index contributed by atoms with van der Waals surface area (Å²) in [6.07, 6.45) is 0. The molecule has 5 heteroatoms. The van der Waals surface area contributed by atoms with E-state index in [1.165, 1.54) is 18.2 Å². The number of nitrogens with one attached hydrogen (secondary N) is 1. The molecule has 2 N–H and O–H groups in total. The van der Waals surface area contributed by atoms with Crippen molar-refractivity contribution < 1.29 is 18.7 Å². The first-order chi connectivity index (χ1) is 8.59. The molecule has 0 unspecified atom stereocenters. The van der Waals surface area contributed by atoms with Gasteiger partial charge < -0.3 is 10.4 Å². The average molecular weight is 271 g/mol. The minimum absolute atomic E-state index is 0.0672. The van der Waals surface area contributed by atoms with Gasteiger partial charge in [-0.15, -0.1) is 0 Å². The predicted octanol–water partition coefficient (Wildman–Crippen LogP) is 2.94. The van der Waals surface area contributed by atoms with E-state index < -0.39 is 28.6 Å². The Morgan fingerprint density at radius 2 is 1.68 bits per heavy atom. The molecule has 0 saturated carbocycles. The van der Waals surface area contributed by atoms with Gasteiger partial charge in [0.15, 0.2) is 0 Å². The lowest BCUT2D eigenvalue weighted by molar-refractivity contribution is -0.151. The lowest BCUT2D eigenvalue weighted by Gasteiger charge is -2.39. The highest BCUT2D eigenvalue weighted by Crippen LogP contribution is 2.31. The normalized spacial score (nSPS) is 12.5. The zero-order valence-corrected chi connectivity index (χ0v) is 11.6. The number of benzene rings is 1. The van der Waals surface area contributed by atoms with Crippen LogP contribution >= 0.6 is 0 Å². The minimum atomic E-state index is -1.07. The number of halogens is 2. The SMILES string of the molecule is CC(C)(NCc1c(F)cccc1F)C(C)(C)C(=O)O. The second kappa shape index (κ2) is 5.25. The quantitative estimate of drug-likeness (QED) is 0.865. The van der Waals surface area contributed by atoms with Crippen molar-refractivity contribution in [3.8, 4) is 0 Å².